The maximum absolute atomic E-state index is 4.23. The van der Waals surface area contributed by atoms with E-state index in [1.165, 1.54) is 0 Å². The van der Waals surface area contributed by atoms with E-state index in [2.05, 4.69) is 53.7 Å². The summed E-state index contributed by atoms with van der Waals surface area (Å²) in [6, 6.07) is 0. The first kappa shape index (κ1) is 8.43. The fraction of sp³-hybridized carbons (Fsp3) is 0.143. The molecule has 5 heteroatoms. The standard InChI is InChI=1S/C7H5BrIN3/c1-3-5-6(4(8)2-10-3)11-12-7(5)9/h2H,1H3,(H,11,12). The largest absolute Gasteiger partial charge is 0.271 e. The molecule has 0 aliphatic rings. The highest BCUT2D eigenvalue weighted by Gasteiger charge is 2.08. The lowest BCUT2D eigenvalue weighted by Crippen LogP contribution is -1.83. The Labute approximate surface area is 91.2 Å². The number of nitrogens with zero attached hydrogens (tertiary/aromatic N) is 2. The third-order valence-corrected chi connectivity index (χ3v) is 3.04. The molecule has 0 saturated heterocycles. The molecule has 2 aromatic heterocycles. The van der Waals surface area contributed by atoms with E-state index in [0.717, 1.165) is 24.8 Å². The van der Waals surface area contributed by atoms with Crippen LogP contribution in [0.25, 0.3) is 10.9 Å². The zero-order valence-corrected chi connectivity index (χ0v) is 9.97. The Morgan fingerprint density at radius 2 is 2.33 bits per heavy atom. The molecule has 12 heavy (non-hydrogen) atoms. The fourth-order valence-electron chi connectivity index (χ4n) is 1.10. The quantitative estimate of drug-likeness (QED) is 0.751. The van der Waals surface area contributed by atoms with Crippen LogP contribution in [0.5, 0.6) is 0 Å². The zero-order valence-electron chi connectivity index (χ0n) is 6.23. The number of hydrogen-bond donors (Lipinski definition) is 1. The second-order valence-electron chi connectivity index (χ2n) is 2.45. The predicted molar refractivity (Wildman–Crippen MR) is 59.0 cm³/mol. The minimum absolute atomic E-state index is 0.933. The van der Waals surface area contributed by atoms with Crippen LogP contribution in [-0.4, -0.2) is 15.2 Å². The molecular formula is C7H5BrIN3. The third-order valence-electron chi connectivity index (χ3n) is 1.68. The molecule has 1 N–H and O–H groups in total. The highest BCUT2D eigenvalue weighted by molar-refractivity contribution is 14.1. The molecule has 0 amide bonds. The van der Waals surface area contributed by atoms with E-state index in [1.54, 1.807) is 6.20 Å². The van der Waals surface area contributed by atoms with E-state index in [1.807, 2.05) is 6.92 Å². The van der Waals surface area contributed by atoms with E-state index < -0.39 is 0 Å². The summed E-state index contributed by atoms with van der Waals surface area (Å²) in [6.45, 7) is 1.98. The van der Waals surface area contributed by atoms with Gasteiger partial charge in [0.25, 0.3) is 0 Å². The zero-order chi connectivity index (χ0) is 8.72. The topological polar surface area (TPSA) is 41.6 Å². The van der Waals surface area contributed by atoms with Crippen molar-refractivity contribution in [2.45, 2.75) is 6.92 Å². The predicted octanol–water partition coefficient (Wildman–Crippen LogP) is 2.63. The minimum atomic E-state index is 0.933. The first-order valence-electron chi connectivity index (χ1n) is 3.35. The van der Waals surface area contributed by atoms with E-state index in [-0.39, 0.29) is 0 Å². The van der Waals surface area contributed by atoms with Crippen LogP contribution < -0.4 is 0 Å². The summed E-state index contributed by atoms with van der Waals surface area (Å²) in [4.78, 5) is 4.23. The SMILES string of the molecule is Cc1ncc(Br)c2n[nH]c(I)c12. The van der Waals surface area contributed by atoms with Crippen molar-refractivity contribution in [3.63, 3.8) is 0 Å². The maximum Gasteiger partial charge on any atom is 0.111 e. The molecule has 0 bridgehead atoms. The summed E-state index contributed by atoms with van der Waals surface area (Å²) in [5.74, 6) is 0. The summed E-state index contributed by atoms with van der Waals surface area (Å²) in [5, 5.41) is 8.19. The van der Waals surface area contributed by atoms with Crippen LogP contribution in [0.1, 0.15) is 5.69 Å². The van der Waals surface area contributed by atoms with Crippen LogP contribution in [-0.2, 0) is 0 Å². The normalized spacial score (nSPS) is 10.9. The number of rotatable bonds is 0. The molecule has 0 aliphatic carbocycles. The van der Waals surface area contributed by atoms with Gasteiger partial charge in [-0.05, 0) is 45.4 Å². The summed E-state index contributed by atoms with van der Waals surface area (Å²) >= 11 is 5.61. The van der Waals surface area contributed by atoms with Gasteiger partial charge in [-0.2, -0.15) is 5.10 Å². The van der Waals surface area contributed by atoms with Crippen molar-refractivity contribution < 1.29 is 0 Å². The number of H-pyrrole nitrogens is 1. The van der Waals surface area contributed by atoms with Crippen molar-refractivity contribution in [3.8, 4) is 0 Å². The molecule has 2 aromatic rings. The number of aromatic amines is 1. The molecule has 0 radical (unpaired) electrons. The number of nitrogens with one attached hydrogen (secondary N) is 1. The summed E-state index contributed by atoms with van der Waals surface area (Å²) < 4.78 is 1.97. The molecule has 0 spiro atoms. The number of pyridine rings is 1. The Hall–Kier alpha value is -0.170. The number of aromatic nitrogens is 3. The van der Waals surface area contributed by atoms with Crippen LogP contribution in [0.2, 0.25) is 0 Å². The number of aryl methyl sites for hydroxylation is 1. The molecule has 2 rings (SSSR count). The second-order valence-corrected chi connectivity index (χ2v) is 4.39. The summed E-state index contributed by atoms with van der Waals surface area (Å²) in [7, 11) is 0. The van der Waals surface area contributed by atoms with Crippen LogP contribution >= 0.6 is 38.5 Å². The summed E-state index contributed by atoms with van der Waals surface area (Å²) in [6.07, 6.45) is 1.77. The van der Waals surface area contributed by atoms with Gasteiger partial charge in [-0.25, -0.2) is 0 Å². The van der Waals surface area contributed by atoms with Crippen LogP contribution in [0.15, 0.2) is 10.7 Å². The van der Waals surface area contributed by atoms with Gasteiger partial charge in [0.1, 0.15) is 9.22 Å². The van der Waals surface area contributed by atoms with Crippen molar-refractivity contribution in [3.05, 3.63) is 20.1 Å². The minimum Gasteiger partial charge on any atom is -0.271 e. The van der Waals surface area contributed by atoms with Crippen molar-refractivity contribution in [2.75, 3.05) is 0 Å². The van der Waals surface area contributed by atoms with Gasteiger partial charge in [-0.1, -0.05) is 0 Å². The van der Waals surface area contributed by atoms with E-state index in [0.29, 0.717) is 0 Å². The number of fused-ring (bicyclic) bond motifs is 1. The third kappa shape index (κ3) is 1.15. The van der Waals surface area contributed by atoms with Gasteiger partial charge in [0.05, 0.1) is 9.86 Å². The lowest BCUT2D eigenvalue weighted by molar-refractivity contribution is 1.09. The second kappa shape index (κ2) is 2.95. The Morgan fingerprint density at radius 3 is 3.00 bits per heavy atom. The molecule has 0 saturated carbocycles. The fourth-order valence-corrected chi connectivity index (χ4v) is 2.26. The average Bonchev–Trinajstić information content (AvgIpc) is 2.42. The van der Waals surface area contributed by atoms with Crippen LogP contribution in [0, 0.1) is 10.6 Å². The Balaban J connectivity index is 2.98. The molecule has 62 valence electrons. The molecule has 0 aliphatic heterocycles. The van der Waals surface area contributed by atoms with Gasteiger partial charge < -0.3 is 0 Å². The van der Waals surface area contributed by atoms with E-state index >= 15 is 0 Å². The molecule has 0 fully saturated rings. The lowest BCUT2D eigenvalue weighted by Gasteiger charge is -1.95. The van der Waals surface area contributed by atoms with Gasteiger partial charge in [0.15, 0.2) is 0 Å². The van der Waals surface area contributed by atoms with Gasteiger partial charge in [-0.3, -0.25) is 10.1 Å². The van der Waals surface area contributed by atoms with Crippen molar-refractivity contribution in [2.24, 2.45) is 0 Å². The first-order valence-corrected chi connectivity index (χ1v) is 5.22. The van der Waals surface area contributed by atoms with E-state index in [9.17, 15) is 0 Å². The highest BCUT2D eigenvalue weighted by atomic mass is 127. The van der Waals surface area contributed by atoms with Crippen molar-refractivity contribution >= 4 is 49.4 Å². The van der Waals surface area contributed by atoms with E-state index in [4.69, 9.17) is 0 Å². The van der Waals surface area contributed by atoms with Crippen molar-refractivity contribution in [1.29, 1.82) is 0 Å². The highest BCUT2D eigenvalue weighted by Crippen LogP contribution is 2.25. The van der Waals surface area contributed by atoms with Gasteiger partial charge in [0.2, 0.25) is 0 Å². The molecule has 0 atom stereocenters. The smallest absolute Gasteiger partial charge is 0.111 e. The lowest BCUT2D eigenvalue weighted by atomic mass is 10.3. The Kier molecular flexibility index (Phi) is 2.07. The monoisotopic (exact) mass is 337 g/mol. The molecule has 0 aromatic carbocycles. The summed E-state index contributed by atoms with van der Waals surface area (Å²) in [5.41, 5.74) is 1.96. The molecule has 2 heterocycles. The van der Waals surface area contributed by atoms with Gasteiger partial charge in [-0.15, -0.1) is 0 Å². The first-order chi connectivity index (χ1) is 5.70. The molecule has 0 unspecified atom stereocenters. The van der Waals surface area contributed by atoms with Gasteiger partial charge in [0, 0.05) is 11.9 Å². The Bertz CT molecular complexity index is 437. The number of halogens is 2. The van der Waals surface area contributed by atoms with Crippen LogP contribution in [0.3, 0.4) is 0 Å². The van der Waals surface area contributed by atoms with Crippen LogP contribution in [0.4, 0.5) is 0 Å². The Morgan fingerprint density at radius 1 is 1.58 bits per heavy atom. The molecule has 3 nitrogen and oxygen atoms in total. The van der Waals surface area contributed by atoms with Crippen molar-refractivity contribution in [1.82, 2.24) is 15.2 Å². The maximum atomic E-state index is 4.23. The molecular weight excluding hydrogens is 333 g/mol. The average molecular weight is 338 g/mol. The van der Waals surface area contributed by atoms with Gasteiger partial charge >= 0.3 is 0 Å². The number of hydrogen-bond acceptors (Lipinski definition) is 2.